The van der Waals surface area contributed by atoms with Gasteiger partial charge >= 0.3 is 123 Å². The van der Waals surface area contributed by atoms with Crippen LogP contribution in [-0.2, 0) is 28.7 Å². The van der Waals surface area contributed by atoms with Gasteiger partial charge in [0, 0.05) is 0 Å². The van der Waals surface area contributed by atoms with Crippen LogP contribution in [0, 0.1) is 23.5 Å². The maximum Gasteiger partial charge on any atom is -0.0253 e. The summed E-state index contributed by atoms with van der Waals surface area (Å²) in [6.45, 7) is 11.3. The average Bonchev–Trinajstić information content (AvgIpc) is 3.62. The van der Waals surface area contributed by atoms with E-state index in [4.69, 9.17) is 23.2 Å². The molecule has 0 spiro atoms. The zero-order chi connectivity index (χ0) is 30.8. The number of allylic oxidation sites excluding steroid dienone is 4. The molecule has 4 aromatic rings. The molecule has 0 amide bonds. The molecule has 0 radical (unpaired) electrons. The van der Waals surface area contributed by atoms with Gasteiger partial charge in [-0.05, 0) is 6.42 Å². The van der Waals surface area contributed by atoms with E-state index in [9.17, 15) is 0 Å². The van der Waals surface area contributed by atoms with Crippen LogP contribution >= 0.6 is 48.0 Å². The van der Waals surface area contributed by atoms with Crippen LogP contribution < -0.4 is 0 Å². The largest absolute Gasteiger partial charge is 0.179 e. The molecular weight excluding hydrogens is 713 g/mol. The van der Waals surface area contributed by atoms with Crippen LogP contribution in [-0.4, -0.2) is 7.42 Å². The summed E-state index contributed by atoms with van der Waals surface area (Å²) in [5, 5.41) is 1.57. The monoisotopic (exact) mass is 752 g/mol. The number of benzene rings is 4. The molecule has 45 heavy (non-hydrogen) atoms. The Morgan fingerprint density at radius 1 is 0.778 bits per heavy atom. The Morgan fingerprint density at radius 3 is 1.84 bits per heavy atom. The molecule has 0 aliphatic heterocycles. The van der Waals surface area contributed by atoms with E-state index in [1.54, 1.807) is 0 Å². The molecule has 0 fully saturated rings. The summed E-state index contributed by atoms with van der Waals surface area (Å²) in [5.41, 5.74) is 11.3. The Morgan fingerprint density at radius 2 is 1.33 bits per heavy atom. The van der Waals surface area contributed by atoms with Crippen molar-refractivity contribution in [2.24, 2.45) is 11.3 Å². The first-order valence-corrected chi connectivity index (χ1v) is 18.6. The van der Waals surface area contributed by atoms with Crippen molar-refractivity contribution in [2.75, 3.05) is 0 Å². The van der Waals surface area contributed by atoms with Crippen LogP contribution in [0.2, 0.25) is 10.0 Å². The molecule has 1 atom stereocenters. The van der Waals surface area contributed by atoms with Gasteiger partial charge in [0.05, 0.1) is 0 Å². The van der Waals surface area contributed by atoms with E-state index in [0.29, 0.717) is 11.3 Å². The van der Waals surface area contributed by atoms with Gasteiger partial charge in [0.25, 0.3) is 0 Å². The van der Waals surface area contributed by atoms with Crippen LogP contribution in [0.5, 0.6) is 0 Å². The van der Waals surface area contributed by atoms with Gasteiger partial charge in [-0.25, -0.2) is 5.57 Å². The van der Waals surface area contributed by atoms with Gasteiger partial charge in [-0.2, -0.15) is 41.5 Å². The molecule has 0 N–H and O–H groups in total. The Hall–Kier alpha value is -1.86. The van der Waals surface area contributed by atoms with Gasteiger partial charge in [-0.3, -0.25) is 6.08 Å². The van der Waals surface area contributed by atoms with Crippen molar-refractivity contribution in [3.8, 4) is 11.1 Å². The van der Waals surface area contributed by atoms with E-state index in [1.165, 1.54) is 50.9 Å². The van der Waals surface area contributed by atoms with Crippen molar-refractivity contribution >= 4 is 55.4 Å². The predicted octanol–water partition coefficient (Wildman–Crippen LogP) is 12.1. The normalized spacial score (nSPS) is 13.8. The fourth-order valence-corrected chi connectivity index (χ4v) is 7.56. The van der Waals surface area contributed by atoms with Crippen molar-refractivity contribution < 1.29 is 22.3 Å². The van der Waals surface area contributed by atoms with E-state index < -0.39 is 22.3 Å². The van der Waals surface area contributed by atoms with Gasteiger partial charge in [0.15, 0.2) is 0 Å². The van der Waals surface area contributed by atoms with E-state index >= 15 is 0 Å². The summed E-state index contributed by atoms with van der Waals surface area (Å²) >= 11 is 11.0. The third kappa shape index (κ3) is 11.7. The summed E-state index contributed by atoms with van der Waals surface area (Å²) in [6.07, 6.45) is 9.33. The second kappa shape index (κ2) is 19.1. The Labute approximate surface area is 304 Å². The molecule has 0 nitrogen and oxygen atoms in total. The standard InChI is InChI=1S/C13H9.C13H21.2C7H5Cl.2ClH.Zr/c1-3-7-12-10(5-1)9-11-6-2-4-8-13(11)12;1-6-10-8-11(7-2)12(9-10)13(3,4)5;2*1-6-2-4-7(8)5-3-6;;;/h1-5,7-8H,9H2;9-10H,6-7H2,1-5H3;2*1-5H;2*1H;/q2*-1;;;;;. The van der Waals surface area contributed by atoms with Crippen LogP contribution in [0.1, 0.15) is 69.7 Å². The Bertz CT molecular complexity index is 1540. The van der Waals surface area contributed by atoms with E-state index in [1.807, 2.05) is 30.3 Å². The minimum atomic E-state index is -0.623. The van der Waals surface area contributed by atoms with Crippen molar-refractivity contribution in [1.29, 1.82) is 0 Å². The first kappa shape index (κ1) is 39.3. The number of hydrogen-bond donors (Lipinski definition) is 0. The fraction of sp³-hybridized carbons (Fsp3) is 0.250. The zero-order valence-corrected chi connectivity index (χ0v) is 32.3. The van der Waals surface area contributed by atoms with Crippen LogP contribution in [0.25, 0.3) is 11.1 Å². The fourth-order valence-electron chi connectivity index (χ4n) is 5.21. The predicted molar refractivity (Wildman–Crippen MR) is 200 cm³/mol. The topological polar surface area (TPSA) is 0 Å². The number of halogens is 4. The summed E-state index contributed by atoms with van der Waals surface area (Å²) in [7, 11) is 0. The summed E-state index contributed by atoms with van der Waals surface area (Å²) in [5.74, 6) is 0.573. The molecular formula is C40H42Cl4Zr-2. The number of rotatable bonds is 4. The minimum absolute atomic E-state index is 0. The molecule has 236 valence electrons. The molecule has 0 aromatic heterocycles. The number of hydrogen-bond acceptors (Lipinski definition) is 0. The van der Waals surface area contributed by atoms with Crippen molar-refractivity contribution in [1.82, 2.24) is 0 Å². The van der Waals surface area contributed by atoms with Crippen LogP contribution in [0.3, 0.4) is 0 Å². The van der Waals surface area contributed by atoms with E-state index in [0.717, 1.165) is 22.9 Å². The SMILES string of the molecule is CCC1=[C-]C(CC)C=C1C(C)(C)C.Cl.Cl.Clc1ccc([CH]=[Zr]=[CH]c2ccc(Cl)cc2)cc1.[c-]1cccc2c1Cc1ccccc1-2. The molecule has 2 aliphatic carbocycles. The zero-order valence-electron chi connectivity index (χ0n) is 26.7. The summed E-state index contributed by atoms with van der Waals surface area (Å²) < 4.78 is 4.66. The van der Waals surface area contributed by atoms with E-state index in [-0.39, 0.29) is 24.8 Å². The van der Waals surface area contributed by atoms with E-state index in [2.05, 4.69) is 121 Å². The quantitative estimate of drug-likeness (QED) is 0.160. The second-order valence-corrected chi connectivity index (χ2v) is 14.9. The number of fused-ring (bicyclic) bond motifs is 3. The summed E-state index contributed by atoms with van der Waals surface area (Å²) in [4.78, 5) is 0. The molecule has 1 unspecified atom stereocenters. The molecule has 2 aliphatic rings. The molecule has 0 saturated carbocycles. The minimum Gasteiger partial charge on any atom is -0.179 e. The molecule has 0 heterocycles. The van der Waals surface area contributed by atoms with Crippen LogP contribution in [0.15, 0.2) is 108 Å². The molecule has 0 bridgehead atoms. The first-order valence-electron chi connectivity index (χ1n) is 15.0. The van der Waals surface area contributed by atoms with Crippen molar-refractivity contribution in [3.63, 3.8) is 0 Å². The smallest absolute Gasteiger partial charge is 0.0253 e. The van der Waals surface area contributed by atoms with Gasteiger partial charge in [-0.15, -0.1) is 30.4 Å². The molecule has 5 heteroatoms. The molecule has 4 aromatic carbocycles. The maximum absolute atomic E-state index is 5.84. The Kier molecular flexibility index (Phi) is 16.7. The van der Waals surface area contributed by atoms with Gasteiger partial charge in [0.2, 0.25) is 0 Å². The second-order valence-electron chi connectivity index (χ2n) is 11.8. The molecule has 0 saturated heterocycles. The molecule has 6 rings (SSSR count). The van der Waals surface area contributed by atoms with Gasteiger partial charge < -0.3 is 0 Å². The van der Waals surface area contributed by atoms with Gasteiger partial charge in [0.1, 0.15) is 0 Å². The van der Waals surface area contributed by atoms with Crippen molar-refractivity contribution in [3.05, 3.63) is 153 Å². The Balaban J connectivity index is 0.000000233. The average molecular weight is 756 g/mol. The summed E-state index contributed by atoms with van der Waals surface area (Å²) in [6, 6.07) is 34.0. The van der Waals surface area contributed by atoms with Gasteiger partial charge in [-0.1, -0.05) is 94.2 Å². The maximum atomic E-state index is 5.84. The van der Waals surface area contributed by atoms with Crippen LogP contribution in [0.4, 0.5) is 0 Å². The third-order valence-corrected chi connectivity index (χ3v) is 10.5. The first-order chi connectivity index (χ1) is 20.7. The van der Waals surface area contributed by atoms with Crippen molar-refractivity contribution in [2.45, 2.75) is 53.9 Å². The third-order valence-electron chi connectivity index (χ3n) is 7.51.